The van der Waals surface area contributed by atoms with E-state index in [9.17, 15) is 4.79 Å². The Balaban J connectivity index is 2.86. The van der Waals surface area contributed by atoms with Crippen LogP contribution < -0.4 is 16.0 Å². The predicted octanol–water partition coefficient (Wildman–Crippen LogP) is 1.02. The first-order valence-electron chi connectivity index (χ1n) is 6.14. The van der Waals surface area contributed by atoms with Crippen molar-refractivity contribution in [2.24, 2.45) is 0 Å². The van der Waals surface area contributed by atoms with Crippen LogP contribution >= 0.6 is 0 Å². The van der Waals surface area contributed by atoms with Gasteiger partial charge in [0.05, 0.1) is 0 Å². The van der Waals surface area contributed by atoms with Crippen molar-refractivity contribution in [3.63, 3.8) is 0 Å². The second-order valence-corrected chi connectivity index (χ2v) is 4.03. The van der Waals surface area contributed by atoms with Crippen LogP contribution in [0.1, 0.15) is 26.1 Å². The number of hydrogen-bond acceptors (Lipinski definition) is 5. The van der Waals surface area contributed by atoms with Crippen LogP contribution in [0.25, 0.3) is 0 Å². The third-order valence-corrected chi connectivity index (χ3v) is 2.51. The number of rotatable bonds is 6. The van der Waals surface area contributed by atoms with Gasteiger partial charge in [0.25, 0.3) is 0 Å². The topological polar surface area (TPSA) is 78.9 Å². The molecule has 0 aliphatic heterocycles. The van der Waals surface area contributed by atoms with Crippen LogP contribution in [0, 0.1) is 0 Å². The maximum absolute atomic E-state index is 11.4. The molecule has 0 bridgehead atoms. The molecule has 0 saturated heterocycles. The summed E-state index contributed by atoms with van der Waals surface area (Å²) in [5, 5.41) is 8.65. The van der Waals surface area contributed by atoms with Gasteiger partial charge >= 0.3 is 0 Å². The van der Waals surface area contributed by atoms with E-state index in [2.05, 4.69) is 32.8 Å². The van der Waals surface area contributed by atoms with Gasteiger partial charge in [-0.2, -0.15) is 0 Å². The van der Waals surface area contributed by atoms with E-state index >= 15 is 0 Å². The zero-order valence-corrected chi connectivity index (χ0v) is 11.4. The van der Waals surface area contributed by atoms with Gasteiger partial charge in [-0.3, -0.25) is 4.79 Å². The molecule has 0 saturated carbocycles. The number of likely N-dealkylation sites (N-methyl/N-ethyl adjacent to an activating group) is 1. The standard InChI is InChI=1S/C12H21N5O/c1-5-6-9-16-10(13-3)7-11(17-9)15-8(2)12(18)14-4/h7-8H,5-6H2,1-4H3,(H,14,18)(H2,13,15,16,17). The number of aryl methyl sites for hydroxylation is 1. The molecule has 0 fully saturated rings. The van der Waals surface area contributed by atoms with Gasteiger partial charge in [0.2, 0.25) is 5.91 Å². The van der Waals surface area contributed by atoms with Crippen molar-refractivity contribution in [1.29, 1.82) is 0 Å². The number of aromatic nitrogens is 2. The number of carbonyl (C=O) groups excluding carboxylic acids is 1. The quantitative estimate of drug-likeness (QED) is 0.703. The summed E-state index contributed by atoms with van der Waals surface area (Å²) in [6, 6.07) is 1.46. The smallest absolute Gasteiger partial charge is 0.241 e. The maximum Gasteiger partial charge on any atom is 0.241 e. The lowest BCUT2D eigenvalue weighted by atomic mass is 10.3. The van der Waals surface area contributed by atoms with E-state index in [-0.39, 0.29) is 11.9 Å². The number of hydrogen-bond donors (Lipinski definition) is 3. The van der Waals surface area contributed by atoms with Crippen molar-refractivity contribution in [2.75, 3.05) is 24.7 Å². The number of nitrogens with zero attached hydrogens (tertiary/aromatic N) is 2. The fourth-order valence-corrected chi connectivity index (χ4v) is 1.54. The molecule has 1 amide bonds. The van der Waals surface area contributed by atoms with E-state index in [4.69, 9.17) is 0 Å². The summed E-state index contributed by atoms with van der Waals surface area (Å²) in [6.45, 7) is 3.87. The Morgan fingerprint density at radius 2 is 2.00 bits per heavy atom. The Morgan fingerprint density at radius 1 is 1.33 bits per heavy atom. The SMILES string of the molecule is CCCc1nc(NC)cc(NC(C)C(=O)NC)n1. The van der Waals surface area contributed by atoms with Crippen LogP contribution in [0.3, 0.4) is 0 Å². The predicted molar refractivity (Wildman–Crippen MR) is 72.7 cm³/mol. The van der Waals surface area contributed by atoms with Crippen molar-refractivity contribution in [1.82, 2.24) is 15.3 Å². The zero-order chi connectivity index (χ0) is 13.5. The lowest BCUT2D eigenvalue weighted by Crippen LogP contribution is -2.35. The summed E-state index contributed by atoms with van der Waals surface area (Å²) >= 11 is 0. The molecule has 1 aromatic rings. The van der Waals surface area contributed by atoms with Crippen molar-refractivity contribution in [3.8, 4) is 0 Å². The second kappa shape index (κ2) is 6.78. The highest BCUT2D eigenvalue weighted by Crippen LogP contribution is 2.13. The molecular formula is C12H21N5O. The first-order chi connectivity index (χ1) is 8.60. The highest BCUT2D eigenvalue weighted by atomic mass is 16.2. The van der Waals surface area contributed by atoms with Crippen LogP contribution in [-0.4, -0.2) is 36.0 Å². The zero-order valence-electron chi connectivity index (χ0n) is 11.4. The van der Waals surface area contributed by atoms with Crippen molar-refractivity contribution in [2.45, 2.75) is 32.7 Å². The van der Waals surface area contributed by atoms with E-state index in [0.717, 1.165) is 24.5 Å². The Bertz CT molecular complexity index is 407. The molecule has 100 valence electrons. The van der Waals surface area contributed by atoms with Crippen LogP contribution in [0.5, 0.6) is 0 Å². The number of nitrogens with one attached hydrogen (secondary N) is 3. The summed E-state index contributed by atoms with van der Waals surface area (Å²) < 4.78 is 0. The molecule has 0 spiro atoms. The largest absolute Gasteiger partial charge is 0.373 e. The summed E-state index contributed by atoms with van der Waals surface area (Å²) in [5.41, 5.74) is 0. The summed E-state index contributed by atoms with van der Waals surface area (Å²) in [6.07, 6.45) is 1.80. The molecule has 0 radical (unpaired) electrons. The molecule has 1 atom stereocenters. The fraction of sp³-hybridized carbons (Fsp3) is 0.583. The van der Waals surface area contributed by atoms with Gasteiger partial charge in [-0.1, -0.05) is 6.92 Å². The van der Waals surface area contributed by atoms with Gasteiger partial charge in [0.15, 0.2) is 0 Å². The molecule has 1 unspecified atom stereocenters. The normalized spacial score (nSPS) is 11.8. The van der Waals surface area contributed by atoms with Gasteiger partial charge in [-0.15, -0.1) is 0 Å². The summed E-state index contributed by atoms with van der Waals surface area (Å²) in [5.74, 6) is 2.11. The lowest BCUT2D eigenvalue weighted by molar-refractivity contribution is -0.121. The Morgan fingerprint density at radius 3 is 2.56 bits per heavy atom. The van der Waals surface area contributed by atoms with Crippen LogP contribution in [-0.2, 0) is 11.2 Å². The Hall–Kier alpha value is -1.85. The third-order valence-electron chi connectivity index (χ3n) is 2.51. The average Bonchev–Trinajstić information content (AvgIpc) is 2.37. The number of anilines is 2. The molecule has 1 rings (SSSR count). The molecule has 3 N–H and O–H groups in total. The van der Waals surface area contributed by atoms with E-state index < -0.39 is 0 Å². The minimum absolute atomic E-state index is 0.0725. The van der Waals surface area contributed by atoms with Crippen LogP contribution in [0.4, 0.5) is 11.6 Å². The molecule has 0 aromatic carbocycles. The van der Waals surface area contributed by atoms with Gasteiger partial charge in [-0.05, 0) is 13.3 Å². The third kappa shape index (κ3) is 3.87. The van der Waals surface area contributed by atoms with E-state index in [1.807, 2.05) is 7.05 Å². The highest BCUT2D eigenvalue weighted by molar-refractivity contribution is 5.83. The van der Waals surface area contributed by atoms with Gasteiger partial charge in [-0.25, -0.2) is 9.97 Å². The van der Waals surface area contributed by atoms with Gasteiger partial charge in [0, 0.05) is 26.6 Å². The monoisotopic (exact) mass is 251 g/mol. The van der Waals surface area contributed by atoms with Crippen molar-refractivity contribution >= 4 is 17.5 Å². The molecule has 0 aliphatic rings. The van der Waals surface area contributed by atoms with Crippen LogP contribution in [0.15, 0.2) is 6.07 Å². The maximum atomic E-state index is 11.4. The van der Waals surface area contributed by atoms with E-state index in [1.54, 1.807) is 20.0 Å². The van der Waals surface area contributed by atoms with Gasteiger partial charge in [0.1, 0.15) is 23.5 Å². The molecular weight excluding hydrogens is 230 g/mol. The molecule has 0 aliphatic carbocycles. The van der Waals surface area contributed by atoms with Crippen LogP contribution in [0.2, 0.25) is 0 Å². The fourth-order valence-electron chi connectivity index (χ4n) is 1.54. The number of amides is 1. The minimum Gasteiger partial charge on any atom is -0.373 e. The lowest BCUT2D eigenvalue weighted by Gasteiger charge is -2.14. The summed E-state index contributed by atoms with van der Waals surface area (Å²) in [7, 11) is 3.42. The van der Waals surface area contributed by atoms with Crippen molar-refractivity contribution < 1.29 is 4.79 Å². The first kappa shape index (κ1) is 14.2. The highest BCUT2D eigenvalue weighted by Gasteiger charge is 2.12. The molecule has 6 nitrogen and oxygen atoms in total. The molecule has 1 aromatic heterocycles. The molecule has 1 heterocycles. The Kier molecular flexibility index (Phi) is 5.35. The first-order valence-corrected chi connectivity index (χ1v) is 6.14. The summed E-state index contributed by atoms with van der Waals surface area (Å²) in [4.78, 5) is 20.2. The molecule has 18 heavy (non-hydrogen) atoms. The van der Waals surface area contributed by atoms with Crippen molar-refractivity contribution in [3.05, 3.63) is 11.9 Å². The minimum atomic E-state index is -0.330. The Labute approximate surface area is 108 Å². The molecule has 6 heteroatoms. The average molecular weight is 251 g/mol. The van der Waals surface area contributed by atoms with E-state index in [0.29, 0.717) is 5.82 Å². The number of carbonyl (C=O) groups is 1. The van der Waals surface area contributed by atoms with Gasteiger partial charge < -0.3 is 16.0 Å². The van der Waals surface area contributed by atoms with E-state index in [1.165, 1.54) is 0 Å². The second-order valence-electron chi connectivity index (χ2n) is 4.03.